The topological polar surface area (TPSA) is 30.9 Å². The number of rotatable bonds is 5. The molecule has 21 heavy (non-hydrogen) atoms. The summed E-state index contributed by atoms with van der Waals surface area (Å²) < 4.78 is 0. The third-order valence-corrected chi connectivity index (χ3v) is 4.49. The quantitative estimate of drug-likeness (QED) is 0.665. The van der Waals surface area contributed by atoms with E-state index in [1.165, 1.54) is 24.8 Å². The van der Waals surface area contributed by atoms with Crippen molar-refractivity contribution in [2.45, 2.75) is 31.3 Å². The molecule has 0 heterocycles. The van der Waals surface area contributed by atoms with E-state index < -0.39 is 0 Å². The maximum absolute atomic E-state index is 4.73. The predicted octanol–water partition coefficient (Wildman–Crippen LogP) is 2.18. The van der Waals surface area contributed by atoms with E-state index in [0.29, 0.717) is 5.54 Å². The number of guanidine groups is 1. The van der Waals surface area contributed by atoms with Crippen LogP contribution in [-0.2, 0) is 6.54 Å². The van der Waals surface area contributed by atoms with E-state index in [-0.39, 0.29) is 0 Å². The molecule has 0 atom stereocenters. The van der Waals surface area contributed by atoms with Crippen LogP contribution in [0.1, 0.15) is 24.8 Å². The smallest absolute Gasteiger partial charge is 0.193 e. The van der Waals surface area contributed by atoms with Gasteiger partial charge in [-0.15, -0.1) is 0 Å². The van der Waals surface area contributed by atoms with Gasteiger partial charge >= 0.3 is 0 Å². The maximum Gasteiger partial charge on any atom is 0.193 e. The summed E-state index contributed by atoms with van der Waals surface area (Å²) >= 11 is 0. The monoisotopic (exact) mass is 288 g/mol. The molecular weight excluding hydrogens is 260 g/mol. The van der Waals surface area contributed by atoms with Crippen LogP contribution < -0.4 is 5.32 Å². The van der Waals surface area contributed by atoms with Gasteiger partial charge in [0.15, 0.2) is 5.96 Å². The normalized spacial score (nSPS) is 17.5. The molecule has 1 aromatic rings. The van der Waals surface area contributed by atoms with Crippen LogP contribution in [0.15, 0.2) is 35.3 Å². The average Bonchev–Trinajstić information content (AvgIpc) is 2.41. The van der Waals surface area contributed by atoms with E-state index in [0.717, 1.165) is 19.0 Å². The summed E-state index contributed by atoms with van der Waals surface area (Å²) in [6.45, 7) is 1.68. The van der Waals surface area contributed by atoms with Gasteiger partial charge < -0.3 is 15.1 Å². The van der Waals surface area contributed by atoms with Crippen LogP contribution in [0, 0.1) is 0 Å². The summed E-state index contributed by atoms with van der Waals surface area (Å²) in [5, 5.41) is 3.55. The van der Waals surface area contributed by atoms with Crippen molar-refractivity contribution in [2.24, 2.45) is 4.99 Å². The Bertz CT molecular complexity index is 461. The molecule has 1 N–H and O–H groups in total. The number of aliphatic imine (C=N–C) groups is 1. The van der Waals surface area contributed by atoms with E-state index in [2.05, 4.69) is 53.5 Å². The van der Waals surface area contributed by atoms with Gasteiger partial charge in [-0.1, -0.05) is 30.3 Å². The standard InChI is InChI=1S/C17H28N4/c1-20(2)16(18-13-15-9-6-5-7-10-15)19-14-17(21(3)4)11-8-12-17/h5-7,9-10H,8,11-14H2,1-4H3,(H,18,19). The molecule has 0 unspecified atom stereocenters. The van der Waals surface area contributed by atoms with Gasteiger partial charge in [0.25, 0.3) is 0 Å². The Kier molecular flexibility index (Phi) is 5.23. The second-order valence-electron chi connectivity index (χ2n) is 6.35. The summed E-state index contributed by atoms with van der Waals surface area (Å²) in [5.41, 5.74) is 1.55. The van der Waals surface area contributed by atoms with Gasteiger partial charge in [-0.2, -0.15) is 0 Å². The minimum atomic E-state index is 0.309. The first kappa shape index (κ1) is 15.8. The molecule has 2 rings (SSSR count). The zero-order valence-corrected chi connectivity index (χ0v) is 13.8. The van der Waals surface area contributed by atoms with Gasteiger partial charge in [0.2, 0.25) is 0 Å². The lowest BCUT2D eigenvalue weighted by Gasteiger charge is -2.47. The Labute approximate surface area is 128 Å². The van der Waals surface area contributed by atoms with Crippen molar-refractivity contribution in [3.8, 4) is 0 Å². The van der Waals surface area contributed by atoms with Gasteiger partial charge in [0.05, 0.1) is 6.54 Å². The fraction of sp³-hybridized carbons (Fsp3) is 0.588. The molecule has 4 nitrogen and oxygen atoms in total. The Hall–Kier alpha value is -1.55. The first-order valence-corrected chi connectivity index (χ1v) is 7.70. The van der Waals surface area contributed by atoms with Gasteiger partial charge in [-0.25, -0.2) is 4.99 Å². The summed E-state index contributed by atoms with van der Waals surface area (Å²) in [4.78, 5) is 9.14. The van der Waals surface area contributed by atoms with E-state index >= 15 is 0 Å². The third kappa shape index (κ3) is 3.97. The van der Waals surface area contributed by atoms with E-state index in [4.69, 9.17) is 4.99 Å². The molecule has 1 aromatic carbocycles. The Morgan fingerprint density at radius 2 is 1.81 bits per heavy atom. The van der Waals surface area contributed by atoms with Crippen LogP contribution in [0.3, 0.4) is 0 Å². The van der Waals surface area contributed by atoms with Crippen molar-refractivity contribution in [3.63, 3.8) is 0 Å². The number of nitrogens with zero attached hydrogens (tertiary/aromatic N) is 3. The second-order valence-corrected chi connectivity index (χ2v) is 6.35. The van der Waals surface area contributed by atoms with E-state index in [9.17, 15) is 0 Å². The predicted molar refractivity (Wildman–Crippen MR) is 89.5 cm³/mol. The Morgan fingerprint density at radius 3 is 2.29 bits per heavy atom. The molecular formula is C17H28N4. The SMILES string of the molecule is CN(C)C(=NCc1ccccc1)NCC1(N(C)C)CCC1. The maximum atomic E-state index is 4.73. The summed E-state index contributed by atoms with van der Waals surface area (Å²) in [7, 11) is 8.44. The van der Waals surface area contributed by atoms with Crippen LogP contribution in [0.4, 0.5) is 0 Å². The molecule has 0 radical (unpaired) electrons. The van der Waals surface area contributed by atoms with Gasteiger partial charge in [-0.05, 0) is 38.9 Å². The molecule has 0 bridgehead atoms. The third-order valence-electron chi connectivity index (χ3n) is 4.49. The van der Waals surface area contributed by atoms with Gasteiger partial charge in [0.1, 0.15) is 0 Å². The van der Waals surface area contributed by atoms with Gasteiger partial charge in [0, 0.05) is 26.2 Å². The van der Waals surface area contributed by atoms with Crippen LogP contribution in [0.2, 0.25) is 0 Å². The Balaban J connectivity index is 1.96. The second kappa shape index (κ2) is 6.94. The van der Waals surface area contributed by atoms with Crippen LogP contribution in [0.25, 0.3) is 0 Å². The molecule has 0 aliphatic heterocycles. The molecule has 0 saturated heterocycles. The highest BCUT2D eigenvalue weighted by atomic mass is 15.3. The lowest BCUT2D eigenvalue weighted by atomic mass is 9.75. The number of hydrogen-bond acceptors (Lipinski definition) is 2. The molecule has 0 aromatic heterocycles. The minimum absolute atomic E-state index is 0.309. The molecule has 1 saturated carbocycles. The Morgan fingerprint density at radius 1 is 1.14 bits per heavy atom. The number of nitrogens with one attached hydrogen (secondary N) is 1. The molecule has 0 spiro atoms. The molecule has 1 aliphatic carbocycles. The average molecular weight is 288 g/mol. The lowest BCUT2D eigenvalue weighted by Crippen LogP contribution is -2.58. The van der Waals surface area contributed by atoms with Crippen molar-refractivity contribution in [2.75, 3.05) is 34.7 Å². The van der Waals surface area contributed by atoms with Crippen molar-refractivity contribution in [1.29, 1.82) is 0 Å². The highest BCUT2D eigenvalue weighted by molar-refractivity contribution is 5.79. The summed E-state index contributed by atoms with van der Waals surface area (Å²) in [6, 6.07) is 10.4. The zero-order chi connectivity index (χ0) is 15.3. The first-order valence-electron chi connectivity index (χ1n) is 7.70. The zero-order valence-electron chi connectivity index (χ0n) is 13.8. The lowest BCUT2D eigenvalue weighted by molar-refractivity contribution is 0.0642. The molecule has 1 aliphatic rings. The van der Waals surface area contributed by atoms with Crippen molar-refractivity contribution in [1.82, 2.24) is 15.1 Å². The fourth-order valence-electron chi connectivity index (χ4n) is 2.72. The summed E-state index contributed by atoms with van der Waals surface area (Å²) in [5.74, 6) is 0.965. The fourth-order valence-corrected chi connectivity index (χ4v) is 2.72. The van der Waals surface area contributed by atoms with Crippen LogP contribution in [0.5, 0.6) is 0 Å². The van der Waals surface area contributed by atoms with E-state index in [1.54, 1.807) is 0 Å². The summed E-state index contributed by atoms with van der Waals surface area (Å²) in [6.07, 6.45) is 3.87. The van der Waals surface area contributed by atoms with Crippen molar-refractivity contribution < 1.29 is 0 Å². The van der Waals surface area contributed by atoms with Gasteiger partial charge in [-0.3, -0.25) is 0 Å². The van der Waals surface area contributed by atoms with Crippen LogP contribution in [-0.4, -0.2) is 56.0 Å². The van der Waals surface area contributed by atoms with Crippen LogP contribution >= 0.6 is 0 Å². The van der Waals surface area contributed by atoms with Crippen molar-refractivity contribution in [3.05, 3.63) is 35.9 Å². The highest BCUT2D eigenvalue weighted by Gasteiger charge is 2.39. The molecule has 1 fully saturated rings. The number of likely N-dealkylation sites (N-methyl/N-ethyl adjacent to an activating group) is 1. The number of benzene rings is 1. The largest absolute Gasteiger partial charge is 0.354 e. The van der Waals surface area contributed by atoms with E-state index in [1.807, 2.05) is 20.2 Å². The highest BCUT2D eigenvalue weighted by Crippen LogP contribution is 2.35. The number of hydrogen-bond donors (Lipinski definition) is 1. The molecule has 116 valence electrons. The first-order chi connectivity index (χ1) is 10.0. The minimum Gasteiger partial charge on any atom is -0.354 e. The molecule has 4 heteroatoms. The van der Waals surface area contributed by atoms with Crippen molar-refractivity contribution >= 4 is 5.96 Å². The molecule has 0 amide bonds.